The van der Waals surface area contributed by atoms with E-state index >= 15 is 0 Å². The molecule has 2 saturated heterocycles. The molecule has 2 amide bonds. The Bertz CT molecular complexity index is 1000. The predicted molar refractivity (Wildman–Crippen MR) is 108 cm³/mol. The van der Waals surface area contributed by atoms with Crippen molar-refractivity contribution in [2.75, 3.05) is 26.2 Å². The highest BCUT2D eigenvalue weighted by atomic mass is 35.5. The summed E-state index contributed by atoms with van der Waals surface area (Å²) in [5.74, 6) is 0. The standard InChI is InChI=1S/C19H19Cl2N3O3S/c20-15-6-7-17(16(21)8-15)28(26,27)24-12-19(13-24)10-23(11-19)18(25)22-9-14-4-2-1-3-5-14/h1-8H,9-13H2,(H,22,25). The molecule has 148 valence electrons. The summed E-state index contributed by atoms with van der Waals surface area (Å²) in [7, 11) is -3.66. The lowest BCUT2D eigenvalue weighted by molar-refractivity contribution is -0.0566. The summed E-state index contributed by atoms with van der Waals surface area (Å²) in [4.78, 5) is 14.0. The van der Waals surface area contributed by atoms with Crippen LogP contribution in [0.1, 0.15) is 5.56 Å². The number of halogens is 2. The van der Waals surface area contributed by atoms with Gasteiger partial charge in [0, 0.05) is 43.2 Å². The fraction of sp³-hybridized carbons (Fsp3) is 0.316. The van der Waals surface area contributed by atoms with Crippen LogP contribution < -0.4 is 5.32 Å². The molecule has 2 aliphatic heterocycles. The molecule has 28 heavy (non-hydrogen) atoms. The lowest BCUT2D eigenvalue weighted by atomic mass is 9.74. The van der Waals surface area contributed by atoms with E-state index in [0.29, 0.717) is 37.7 Å². The Hall–Kier alpha value is -1.80. The first-order valence-electron chi connectivity index (χ1n) is 8.81. The third-order valence-electron chi connectivity index (χ3n) is 5.16. The maximum atomic E-state index is 12.8. The van der Waals surface area contributed by atoms with Crippen LogP contribution in [0.5, 0.6) is 0 Å². The number of nitrogens with zero attached hydrogens (tertiary/aromatic N) is 2. The van der Waals surface area contributed by atoms with E-state index in [2.05, 4.69) is 5.32 Å². The van der Waals surface area contributed by atoms with Crippen LogP contribution in [0.2, 0.25) is 10.0 Å². The molecule has 0 radical (unpaired) electrons. The van der Waals surface area contributed by atoms with Gasteiger partial charge in [0.1, 0.15) is 4.90 Å². The molecule has 2 aliphatic rings. The zero-order chi connectivity index (χ0) is 19.9. The first kappa shape index (κ1) is 19.5. The number of carbonyl (C=O) groups is 1. The Labute approximate surface area is 174 Å². The number of carbonyl (C=O) groups excluding carboxylic acids is 1. The number of hydrogen-bond donors (Lipinski definition) is 1. The number of likely N-dealkylation sites (tertiary alicyclic amines) is 1. The molecular formula is C19H19Cl2N3O3S. The maximum Gasteiger partial charge on any atom is 0.317 e. The van der Waals surface area contributed by atoms with Gasteiger partial charge in [0.15, 0.2) is 0 Å². The Kier molecular flexibility index (Phi) is 5.03. The van der Waals surface area contributed by atoms with Gasteiger partial charge >= 0.3 is 6.03 Å². The highest BCUT2D eigenvalue weighted by Crippen LogP contribution is 2.43. The molecule has 1 N–H and O–H groups in total. The Morgan fingerprint density at radius 1 is 1.04 bits per heavy atom. The summed E-state index contributed by atoms with van der Waals surface area (Å²) in [5, 5.41) is 3.40. The second kappa shape index (κ2) is 7.22. The normalized spacial score (nSPS) is 18.4. The van der Waals surface area contributed by atoms with Gasteiger partial charge in [0.2, 0.25) is 10.0 Å². The number of sulfonamides is 1. The van der Waals surface area contributed by atoms with Crippen LogP contribution in [0.4, 0.5) is 4.79 Å². The molecular weight excluding hydrogens is 421 g/mol. The minimum atomic E-state index is -3.66. The maximum absolute atomic E-state index is 12.8. The third kappa shape index (κ3) is 3.59. The van der Waals surface area contributed by atoms with Crippen molar-refractivity contribution in [3.05, 3.63) is 64.1 Å². The van der Waals surface area contributed by atoms with E-state index in [0.717, 1.165) is 5.56 Å². The topological polar surface area (TPSA) is 69.7 Å². The van der Waals surface area contributed by atoms with E-state index in [4.69, 9.17) is 23.2 Å². The molecule has 2 aromatic carbocycles. The number of nitrogens with one attached hydrogen (secondary N) is 1. The fourth-order valence-electron chi connectivity index (χ4n) is 3.69. The van der Waals surface area contributed by atoms with Gasteiger partial charge in [-0.15, -0.1) is 0 Å². The number of rotatable bonds is 4. The van der Waals surface area contributed by atoms with Gasteiger partial charge in [-0.3, -0.25) is 0 Å². The van der Waals surface area contributed by atoms with Crippen molar-refractivity contribution < 1.29 is 13.2 Å². The van der Waals surface area contributed by atoms with Crippen molar-refractivity contribution in [2.24, 2.45) is 5.41 Å². The van der Waals surface area contributed by atoms with Crippen LogP contribution in [-0.2, 0) is 16.6 Å². The second-order valence-electron chi connectivity index (χ2n) is 7.35. The Balaban J connectivity index is 1.30. The van der Waals surface area contributed by atoms with Crippen LogP contribution in [0, 0.1) is 5.41 Å². The van der Waals surface area contributed by atoms with Crippen molar-refractivity contribution in [1.29, 1.82) is 0 Å². The largest absolute Gasteiger partial charge is 0.334 e. The van der Waals surface area contributed by atoms with E-state index in [1.807, 2.05) is 30.3 Å². The second-order valence-corrected chi connectivity index (χ2v) is 10.1. The van der Waals surface area contributed by atoms with Gasteiger partial charge in [-0.25, -0.2) is 13.2 Å². The fourth-order valence-corrected chi connectivity index (χ4v) is 6.10. The molecule has 0 saturated carbocycles. The van der Waals surface area contributed by atoms with E-state index in [1.165, 1.54) is 22.5 Å². The van der Waals surface area contributed by atoms with E-state index in [1.54, 1.807) is 4.90 Å². The van der Waals surface area contributed by atoms with Gasteiger partial charge in [-0.1, -0.05) is 53.5 Å². The third-order valence-corrected chi connectivity index (χ3v) is 7.67. The van der Waals surface area contributed by atoms with Crippen molar-refractivity contribution in [1.82, 2.24) is 14.5 Å². The summed E-state index contributed by atoms with van der Waals surface area (Å²) in [6.07, 6.45) is 0. The molecule has 9 heteroatoms. The highest BCUT2D eigenvalue weighted by molar-refractivity contribution is 7.89. The smallest absolute Gasteiger partial charge is 0.317 e. The molecule has 2 aromatic rings. The van der Waals surface area contributed by atoms with E-state index < -0.39 is 10.0 Å². The van der Waals surface area contributed by atoms with E-state index in [9.17, 15) is 13.2 Å². The van der Waals surface area contributed by atoms with Gasteiger partial charge in [-0.05, 0) is 23.8 Å². The zero-order valence-corrected chi connectivity index (χ0v) is 17.3. The molecule has 2 fully saturated rings. The van der Waals surface area contributed by atoms with Gasteiger partial charge < -0.3 is 10.2 Å². The number of hydrogen-bond acceptors (Lipinski definition) is 3. The number of benzene rings is 2. The molecule has 0 bridgehead atoms. The number of amides is 2. The van der Waals surface area contributed by atoms with Crippen molar-refractivity contribution in [3.8, 4) is 0 Å². The Morgan fingerprint density at radius 3 is 2.36 bits per heavy atom. The monoisotopic (exact) mass is 439 g/mol. The van der Waals surface area contributed by atoms with Gasteiger partial charge in [0.25, 0.3) is 0 Å². The van der Waals surface area contributed by atoms with Crippen molar-refractivity contribution >= 4 is 39.3 Å². The molecule has 0 aromatic heterocycles. The summed E-state index contributed by atoms with van der Waals surface area (Å²) in [6, 6.07) is 13.9. The lowest BCUT2D eigenvalue weighted by Gasteiger charge is -2.59. The zero-order valence-electron chi connectivity index (χ0n) is 14.9. The summed E-state index contributed by atoms with van der Waals surface area (Å²) in [6.45, 7) is 2.34. The molecule has 6 nitrogen and oxygen atoms in total. The van der Waals surface area contributed by atoms with Crippen LogP contribution >= 0.6 is 23.2 Å². The van der Waals surface area contributed by atoms with Gasteiger partial charge in [0.05, 0.1) is 5.02 Å². The first-order chi connectivity index (χ1) is 13.3. The molecule has 0 atom stereocenters. The molecule has 0 aliphatic carbocycles. The van der Waals surface area contributed by atoms with Gasteiger partial charge in [-0.2, -0.15) is 4.31 Å². The number of urea groups is 1. The van der Waals surface area contributed by atoms with Crippen LogP contribution in [-0.4, -0.2) is 49.8 Å². The average Bonchev–Trinajstić information content (AvgIpc) is 2.58. The molecule has 4 rings (SSSR count). The lowest BCUT2D eigenvalue weighted by Crippen LogP contribution is -2.74. The molecule has 0 unspecified atom stereocenters. The predicted octanol–water partition coefficient (Wildman–Crippen LogP) is 3.21. The Morgan fingerprint density at radius 2 is 1.71 bits per heavy atom. The average molecular weight is 440 g/mol. The minimum Gasteiger partial charge on any atom is -0.334 e. The first-order valence-corrected chi connectivity index (χ1v) is 11.0. The summed E-state index contributed by atoms with van der Waals surface area (Å²) >= 11 is 11.9. The highest BCUT2D eigenvalue weighted by Gasteiger charge is 2.56. The molecule has 2 heterocycles. The van der Waals surface area contributed by atoms with Crippen molar-refractivity contribution in [3.63, 3.8) is 0 Å². The van der Waals surface area contributed by atoms with Crippen LogP contribution in [0.25, 0.3) is 0 Å². The molecule has 1 spiro atoms. The van der Waals surface area contributed by atoms with Crippen molar-refractivity contribution in [2.45, 2.75) is 11.4 Å². The van der Waals surface area contributed by atoms with E-state index in [-0.39, 0.29) is 21.4 Å². The van der Waals surface area contributed by atoms with Crippen LogP contribution in [0.15, 0.2) is 53.4 Å². The quantitative estimate of drug-likeness (QED) is 0.794. The SMILES string of the molecule is O=C(NCc1ccccc1)N1CC2(C1)CN(S(=O)(=O)c1ccc(Cl)cc1Cl)C2. The minimum absolute atomic E-state index is 0.0604. The van der Waals surface area contributed by atoms with Crippen LogP contribution in [0.3, 0.4) is 0 Å². The summed E-state index contributed by atoms with van der Waals surface area (Å²) in [5.41, 5.74) is 0.877. The summed E-state index contributed by atoms with van der Waals surface area (Å²) < 4.78 is 26.9.